The molecule has 2 aromatic carbocycles. The number of hydrogen-bond acceptors (Lipinski definition) is 1. The maximum atomic E-state index is 13.9. The van der Waals surface area contributed by atoms with Crippen LogP contribution in [-0.2, 0) is 6.18 Å². The standard InChI is InChI=1S/C15H6F7N/c1-6-2-7(4-8(3-6)15(20,21)22)10-13(18)11(16)9(5-23)12(17)14(10)19/h2-4H,1H3. The minimum absolute atomic E-state index is 0.0150. The van der Waals surface area contributed by atoms with E-state index >= 15 is 0 Å². The minimum Gasteiger partial charge on any atom is -0.203 e. The van der Waals surface area contributed by atoms with E-state index in [4.69, 9.17) is 5.26 Å². The van der Waals surface area contributed by atoms with Crippen molar-refractivity contribution < 1.29 is 30.7 Å². The number of rotatable bonds is 1. The fraction of sp³-hybridized carbons (Fsp3) is 0.133. The van der Waals surface area contributed by atoms with Gasteiger partial charge < -0.3 is 0 Å². The average molecular weight is 333 g/mol. The summed E-state index contributed by atoms with van der Waals surface area (Å²) in [6.07, 6.45) is -4.81. The molecule has 2 rings (SSSR count). The highest BCUT2D eigenvalue weighted by atomic mass is 19.4. The molecule has 0 heterocycles. The number of alkyl halides is 3. The predicted molar refractivity (Wildman–Crippen MR) is 66.2 cm³/mol. The lowest BCUT2D eigenvalue weighted by atomic mass is 9.97. The molecule has 0 aliphatic heterocycles. The van der Waals surface area contributed by atoms with Crippen molar-refractivity contribution in [2.45, 2.75) is 13.1 Å². The van der Waals surface area contributed by atoms with E-state index in [1.54, 1.807) is 0 Å². The zero-order valence-electron chi connectivity index (χ0n) is 11.3. The van der Waals surface area contributed by atoms with E-state index in [0.717, 1.165) is 18.2 Å². The Morgan fingerprint density at radius 3 is 1.83 bits per heavy atom. The fourth-order valence-corrected chi connectivity index (χ4v) is 2.07. The van der Waals surface area contributed by atoms with Gasteiger partial charge in [0.25, 0.3) is 0 Å². The Bertz CT molecular complexity index is 802. The Kier molecular flexibility index (Phi) is 4.07. The summed E-state index contributed by atoms with van der Waals surface area (Å²) < 4.78 is 93.3. The van der Waals surface area contributed by atoms with Crippen molar-refractivity contribution in [2.75, 3.05) is 0 Å². The van der Waals surface area contributed by atoms with Gasteiger partial charge in [0.1, 0.15) is 11.6 Å². The van der Waals surface area contributed by atoms with Gasteiger partial charge in [-0.2, -0.15) is 18.4 Å². The second-order valence-corrected chi connectivity index (χ2v) is 4.70. The van der Waals surface area contributed by atoms with Gasteiger partial charge in [-0.05, 0) is 30.2 Å². The molecule has 0 fully saturated rings. The quantitative estimate of drug-likeness (QED) is 0.526. The highest BCUT2D eigenvalue weighted by Crippen LogP contribution is 2.36. The first-order chi connectivity index (χ1) is 10.6. The van der Waals surface area contributed by atoms with Gasteiger partial charge in [0.05, 0.1) is 11.1 Å². The Labute approximate surface area is 125 Å². The van der Waals surface area contributed by atoms with E-state index in [-0.39, 0.29) is 5.56 Å². The van der Waals surface area contributed by atoms with Crippen LogP contribution in [-0.4, -0.2) is 0 Å². The van der Waals surface area contributed by atoms with Crippen molar-refractivity contribution in [1.82, 2.24) is 0 Å². The first-order valence-electron chi connectivity index (χ1n) is 6.03. The van der Waals surface area contributed by atoms with E-state index in [1.165, 1.54) is 6.92 Å². The van der Waals surface area contributed by atoms with Gasteiger partial charge in [-0.15, -0.1) is 0 Å². The summed E-state index contributed by atoms with van der Waals surface area (Å²) in [4.78, 5) is 0. The summed E-state index contributed by atoms with van der Waals surface area (Å²) in [5.74, 6) is -7.79. The Morgan fingerprint density at radius 2 is 1.39 bits per heavy atom. The van der Waals surface area contributed by atoms with E-state index in [2.05, 4.69) is 0 Å². The summed E-state index contributed by atoms with van der Waals surface area (Å²) in [5, 5.41) is 8.49. The molecule has 0 aromatic heterocycles. The Hall–Kier alpha value is -2.56. The maximum absolute atomic E-state index is 13.9. The van der Waals surface area contributed by atoms with Crippen molar-refractivity contribution in [2.24, 2.45) is 0 Å². The normalized spacial score (nSPS) is 11.4. The third kappa shape index (κ3) is 2.86. The van der Waals surface area contributed by atoms with Gasteiger partial charge in [-0.3, -0.25) is 0 Å². The summed E-state index contributed by atoms with van der Waals surface area (Å²) in [6, 6.07) is 3.00. The summed E-state index contributed by atoms with van der Waals surface area (Å²) >= 11 is 0. The molecule has 0 atom stereocenters. The molecule has 0 amide bonds. The van der Waals surface area contributed by atoms with Crippen LogP contribution in [0.2, 0.25) is 0 Å². The molecular formula is C15H6F7N. The van der Waals surface area contributed by atoms with Gasteiger partial charge >= 0.3 is 6.18 Å². The lowest BCUT2D eigenvalue weighted by molar-refractivity contribution is -0.137. The molecule has 0 aliphatic rings. The van der Waals surface area contributed by atoms with Crippen molar-refractivity contribution in [3.05, 3.63) is 58.2 Å². The van der Waals surface area contributed by atoms with Crippen LogP contribution in [0, 0.1) is 41.5 Å². The number of hydrogen-bond donors (Lipinski definition) is 0. The number of aryl methyl sites for hydroxylation is 1. The van der Waals surface area contributed by atoms with Crippen molar-refractivity contribution >= 4 is 0 Å². The first-order valence-corrected chi connectivity index (χ1v) is 6.03. The lowest BCUT2D eigenvalue weighted by Crippen LogP contribution is -2.07. The summed E-state index contributed by atoms with van der Waals surface area (Å²) in [5.41, 5.74) is -4.70. The van der Waals surface area contributed by atoms with Crippen molar-refractivity contribution in [1.29, 1.82) is 5.26 Å². The number of nitriles is 1. The second-order valence-electron chi connectivity index (χ2n) is 4.70. The Morgan fingerprint density at radius 1 is 0.870 bits per heavy atom. The minimum atomic E-state index is -4.81. The van der Waals surface area contributed by atoms with Gasteiger partial charge in [0.2, 0.25) is 0 Å². The molecule has 1 nitrogen and oxygen atoms in total. The van der Waals surface area contributed by atoms with Crippen LogP contribution < -0.4 is 0 Å². The Balaban J connectivity index is 2.84. The highest BCUT2D eigenvalue weighted by Gasteiger charge is 2.32. The lowest BCUT2D eigenvalue weighted by Gasteiger charge is -2.13. The van der Waals surface area contributed by atoms with Crippen molar-refractivity contribution in [3.8, 4) is 17.2 Å². The van der Waals surface area contributed by atoms with Crippen LogP contribution in [0.5, 0.6) is 0 Å². The molecule has 0 radical (unpaired) electrons. The van der Waals surface area contributed by atoms with E-state index in [1.807, 2.05) is 0 Å². The molecule has 8 heteroatoms. The van der Waals surface area contributed by atoms with Gasteiger partial charge in [0.15, 0.2) is 23.3 Å². The van der Waals surface area contributed by atoms with Crippen LogP contribution in [0.3, 0.4) is 0 Å². The molecule has 120 valence electrons. The zero-order valence-corrected chi connectivity index (χ0v) is 11.3. The smallest absolute Gasteiger partial charge is 0.203 e. The van der Waals surface area contributed by atoms with Crippen LogP contribution in [0.4, 0.5) is 30.7 Å². The van der Waals surface area contributed by atoms with Gasteiger partial charge in [-0.25, -0.2) is 17.6 Å². The molecule has 0 saturated carbocycles. The first kappa shape index (κ1) is 16.8. The van der Waals surface area contributed by atoms with Crippen LogP contribution in [0.25, 0.3) is 11.1 Å². The molecular weight excluding hydrogens is 327 g/mol. The van der Waals surface area contributed by atoms with Crippen LogP contribution >= 0.6 is 0 Å². The fourth-order valence-electron chi connectivity index (χ4n) is 2.07. The number of nitrogens with zero attached hydrogens (tertiary/aromatic N) is 1. The maximum Gasteiger partial charge on any atom is 0.416 e. The average Bonchev–Trinajstić information content (AvgIpc) is 2.45. The highest BCUT2D eigenvalue weighted by molar-refractivity contribution is 5.68. The molecule has 23 heavy (non-hydrogen) atoms. The SMILES string of the molecule is Cc1cc(-c2c(F)c(F)c(C#N)c(F)c2F)cc(C(F)(F)F)c1. The van der Waals surface area contributed by atoms with Crippen molar-refractivity contribution in [3.63, 3.8) is 0 Å². The molecule has 0 aliphatic carbocycles. The third-order valence-corrected chi connectivity index (χ3v) is 3.07. The molecule has 2 aromatic rings. The van der Waals surface area contributed by atoms with E-state index in [0.29, 0.717) is 6.07 Å². The van der Waals surface area contributed by atoms with Gasteiger partial charge in [0, 0.05) is 0 Å². The monoisotopic (exact) mass is 333 g/mol. The molecule has 0 bridgehead atoms. The summed E-state index contributed by atoms with van der Waals surface area (Å²) in [7, 11) is 0. The predicted octanol–water partition coefficient (Wildman–Crippen LogP) is 5.11. The number of benzene rings is 2. The topological polar surface area (TPSA) is 23.8 Å². The van der Waals surface area contributed by atoms with Crippen LogP contribution in [0.1, 0.15) is 16.7 Å². The third-order valence-electron chi connectivity index (χ3n) is 3.07. The second kappa shape index (κ2) is 5.57. The summed E-state index contributed by atoms with van der Waals surface area (Å²) in [6.45, 7) is 1.23. The largest absolute Gasteiger partial charge is 0.416 e. The molecule has 0 unspecified atom stereocenters. The van der Waals surface area contributed by atoms with E-state index in [9.17, 15) is 30.7 Å². The molecule has 0 spiro atoms. The van der Waals surface area contributed by atoms with E-state index < -0.39 is 51.7 Å². The molecule has 0 saturated heterocycles. The zero-order chi connectivity index (χ0) is 17.5. The molecule has 0 N–H and O–H groups in total. The number of halogens is 7. The van der Waals surface area contributed by atoms with Gasteiger partial charge in [-0.1, -0.05) is 6.07 Å². The van der Waals surface area contributed by atoms with Crippen LogP contribution in [0.15, 0.2) is 18.2 Å².